The van der Waals surface area contributed by atoms with Gasteiger partial charge in [-0.1, -0.05) is 40.2 Å². The minimum atomic E-state index is -1.15. The van der Waals surface area contributed by atoms with Crippen molar-refractivity contribution in [3.63, 3.8) is 0 Å². The number of ether oxygens (including phenoxy) is 4. The van der Waals surface area contributed by atoms with Crippen molar-refractivity contribution in [3.8, 4) is 23.0 Å². The SMILES string of the molecule is COc1cccc2c1OC(c1ccc(OC)c(OC)c1C(=O)O)N1N=C(c3ccc(Br)cc3)CC21. The Morgan fingerprint density at radius 3 is 2.40 bits per heavy atom. The summed E-state index contributed by atoms with van der Waals surface area (Å²) in [7, 11) is 4.46. The number of benzene rings is 3. The molecule has 5 rings (SSSR count). The lowest BCUT2D eigenvalue weighted by Gasteiger charge is -2.39. The zero-order chi connectivity index (χ0) is 24.7. The van der Waals surface area contributed by atoms with E-state index in [1.165, 1.54) is 14.2 Å². The summed E-state index contributed by atoms with van der Waals surface area (Å²) in [6.07, 6.45) is -0.209. The van der Waals surface area contributed by atoms with Crippen LogP contribution in [0.15, 0.2) is 64.2 Å². The number of halogens is 1. The molecule has 0 radical (unpaired) electrons. The molecule has 0 aromatic heterocycles. The smallest absolute Gasteiger partial charge is 0.340 e. The van der Waals surface area contributed by atoms with Crippen molar-refractivity contribution in [3.05, 3.63) is 81.3 Å². The van der Waals surface area contributed by atoms with E-state index in [-0.39, 0.29) is 17.4 Å². The summed E-state index contributed by atoms with van der Waals surface area (Å²) < 4.78 is 23.8. The Kier molecular flexibility index (Phi) is 6.02. The summed E-state index contributed by atoms with van der Waals surface area (Å²) in [5.41, 5.74) is 3.15. The summed E-state index contributed by atoms with van der Waals surface area (Å²) in [6.45, 7) is 0. The molecule has 0 amide bonds. The van der Waals surface area contributed by atoms with Crippen molar-refractivity contribution >= 4 is 27.6 Å². The fraction of sp³-hybridized carbons (Fsp3) is 0.231. The van der Waals surface area contributed by atoms with Crippen LogP contribution in [-0.2, 0) is 0 Å². The number of nitrogens with zero attached hydrogens (tertiary/aromatic N) is 2. The van der Waals surface area contributed by atoms with E-state index in [2.05, 4.69) is 15.9 Å². The second-order valence-corrected chi connectivity index (χ2v) is 8.99. The van der Waals surface area contributed by atoms with E-state index >= 15 is 0 Å². The minimum absolute atomic E-state index is 0.0405. The first-order valence-electron chi connectivity index (χ1n) is 10.9. The van der Waals surface area contributed by atoms with Crippen LogP contribution in [0.25, 0.3) is 0 Å². The third-order valence-corrected chi connectivity index (χ3v) is 6.76. The molecule has 9 heteroatoms. The van der Waals surface area contributed by atoms with Crippen LogP contribution in [0.1, 0.15) is 45.7 Å². The van der Waals surface area contributed by atoms with Gasteiger partial charge in [0, 0.05) is 22.0 Å². The molecule has 3 aromatic carbocycles. The predicted molar refractivity (Wildman–Crippen MR) is 133 cm³/mol. The number of para-hydroxylation sites is 1. The number of hydrogen-bond donors (Lipinski definition) is 1. The molecule has 1 N–H and O–H groups in total. The number of carboxylic acids is 1. The van der Waals surface area contributed by atoms with Crippen molar-refractivity contribution in [2.24, 2.45) is 5.10 Å². The van der Waals surface area contributed by atoms with Crippen LogP contribution in [0, 0.1) is 0 Å². The topological polar surface area (TPSA) is 89.8 Å². The number of methoxy groups -OCH3 is 3. The van der Waals surface area contributed by atoms with Gasteiger partial charge in [-0.05, 0) is 35.9 Å². The van der Waals surface area contributed by atoms with Crippen molar-refractivity contribution in [2.75, 3.05) is 21.3 Å². The Hall–Kier alpha value is -3.72. The summed E-state index contributed by atoms with van der Waals surface area (Å²) in [4.78, 5) is 12.4. The monoisotopic (exact) mass is 538 g/mol. The van der Waals surface area contributed by atoms with E-state index in [0.29, 0.717) is 29.2 Å². The third-order valence-electron chi connectivity index (χ3n) is 6.24. The zero-order valence-electron chi connectivity index (χ0n) is 19.3. The van der Waals surface area contributed by atoms with Crippen LogP contribution in [0.4, 0.5) is 0 Å². The molecule has 0 saturated heterocycles. The van der Waals surface area contributed by atoms with Gasteiger partial charge < -0.3 is 24.1 Å². The number of hydrazone groups is 1. The molecule has 2 aliphatic rings. The van der Waals surface area contributed by atoms with Gasteiger partial charge in [-0.3, -0.25) is 0 Å². The van der Waals surface area contributed by atoms with Crippen LogP contribution in [0.3, 0.4) is 0 Å². The molecule has 0 spiro atoms. The molecule has 35 heavy (non-hydrogen) atoms. The van der Waals surface area contributed by atoms with Crippen LogP contribution < -0.4 is 18.9 Å². The average Bonchev–Trinajstić information content (AvgIpc) is 3.33. The molecule has 2 atom stereocenters. The molecular weight excluding hydrogens is 516 g/mol. The Morgan fingerprint density at radius 1 is 1.00 bits per heavy atom. The molecule has 180 valence electrons. The first-order chi connectivity index (χ1) is 17.0. The molecule has 0 bridgehead atoms. The van der Waals surface area contributed by atoms with Gasteiger partial charge in [-0.15, -0.1) is 0 Å². The molecule has 0 saturated carbocycles. The van der Waals surface area contributed by atoms with Crippen molar-refractivity contribution in [1.29, 1.82) is 0 Å². The van der Waals surface area contributed by atoms with Gasteiger partial charge in [0.25, 0.3) is 0 Å². The third kappa shape index (κ3) is 3.85. The lowest BCUT2D eigenvalue weighted by Crippen LogP contribution is -2.35. The fourth-order valence-corrected chi connectivity index (χ4v) is 4.90. The number of carbonyl (C=O) groups is 1. The Morgan fingerprint density at radius 2 is 1.74 bits per heavy atom. The maximum Gasteiger partial charge on any atom is 0.340 e. The quantitative estimate of drug-likeness (QED) is 0.448. The molecule has 2 aliphatic heterocycles. The van der Waals surface area contributed by atoms with Crippen LogP contribution in [-0.4, -0.2) is 43.1 Å². The summed E-state index contributed by atoms with van der Waals surface area (Å²) in [5, 5.41) is 16.9. The number of rotatable bonds is 6. The number of hydrogen-bond acceptors (Lipinski definition) is 7. The van der Waals surface area contributed by atoms with E-state index in [4.69, 9.17) is 24.0 Å². The molecule has 3 aromatic rings. The highest BCUT2D eigenvalue weighted by Crippen LogP contribution is 2.52. The molecule has 2 unspecified atom stereocenters. The first-order valence-corrected chi connectivity index (χ1v) is 11.7. The number of aromatic carboxylic acids is 1. The van der Waals surface area contributed by atoms with Gasteiger partial charge >= 0.3 is 5.97 Å². The van der Waals surface area contributed by atoms with E-state index < -0.39 is 12.2 Å². The van der Waals surface area contributed by atoms with E-state index in [1.54, 1.807) is 19.2 Å². The summed E-state index contributed by atoms with van der Waals surface area (Å²) in [6, 6.07) is 16.8. The number of fused-ring (bicyclic) bond motifs is 3. The Labute approximate surface area is 210 Å². The average molecular weight is 539 g/mol. The zero-order valence-corrected chi connectivity index (χ0v) is 20.9. The molecule has 0 fully saturated rings. The molecule has 2 heterocycles. The van der Waals surface area contributed by atoms with Gasteiger partial charge in [0.15, 0.2) is 23.0 Å². The Balaban J connectivity index is 1.70. The highest BCUT2D eigenvalue weighted by molar-refractivity contribution is 9.10. The molecular formula is C26H23BrN2O6. The summed E-state index contributed by atoms with van der Waals surface area (Å²) in [5.74, 6) is 0.429. The maximum absolute atomic E-state index is 12.4. The normalized spacial score (nSPS) is 18.2. The second kappa shape index (κ2) is 9.14. The molecule has 0 aliphatic carbocycles. The van der Waals surface area contributed by atoms with Gasteiger partial charge in [-0.25, -0.2) is 9.80 Å². The van der Waals surface area contributed by atoms with Gasteiger partial charge in [0.1, 0.15) is 5.56 Å². The molecule has 8 nitrogen and oxygen atoms in total. The van der Waals surface area contributed by atoms with Crippen LogP contribution in [0.5, 0.6) is 23.0 Å². The second-order valence-electron chi connectivity index (χ2n) is 8.07. The van der Waals surface area contributed by atoms with E-state index in [1.807, 2.05) is 47.5 Å². The predicted octanol–water partition coefficient (Wildman–Crippen LogP) is 5.42. The van der Waals surface area contributed by atoms with Crippen LogP contribution >= 0.6 is 15.9 Å². The van der Waals surface area contributed by atoms with E-state index in [9.17, 15) is 9.90 Å². The highest BCUT2D eigenvalue weighted by Gasteiger charge is 2.44. The van der Waals surface area contributed by atoms with Gasteiger partial charge in [0.05, 0.1) is 33.1 Å². The fourth-order valence-electron chi connectivity index (χ4n) is 4.64. The maximum atomic E-state index is 12.4. The van der Waals surface area contributed by atoms with Crippen molar-refractivity contribution < 1.29 is 28.8 Å². The summed E-state index contributed by atoms with van der Waals surface area (Å²) >= 11 is 3.48. The lowest BCUT2D eigenvalue weighted by atomic mass is 9.94. The standard InChI is InChI=1S/C26H23BrN2O6/c1-32-20-6-4-5-16-19-13-18(14-7-9-15(27)10-8-14)28-29(19)25(35-23(16)20)17-11-12-21(33-2)24(34-3)22(17)26(30)31/h4-12,19,25H,13H2,1-3H3,(H,30,31). The first kappa shape index (κ1) is 23.0. The number of carboxylic acid groups (broad SMARTS) is 1. The van der Waals surface area contributed by atoms with E-state index in [0.717, 1.165) is 21.3 Å². The van der Waals surface area contributed by atoms with Crippen LogP contribution in [0.2, 0.25) is 0 Å². The van der Waals surface area contributed by atoms with Crippen molar-refractivity contribution in [1.82, 2.24) is 5.01 Å². The van der Waals surface area contributed by atoms with Gasteiger partial charge in [-0.2, -0.15) is 5.10 Å². The Bertz CT molecular complexity index is 1320. The minimum Gasteiger partial charge on any atom is -0.493 e. The highest BCUT2D eigenvalue weighted by atomic mass is 79.9. The van der Waals surface area contributed by atoms with Gasteiger partial charge in [0.2, 0.25) is 6.23 Å². The largest absolute Gasteiger partial charge is 0.493 e. The lowest BCUT2D eigenvalue weighted by molar-refractivity contribution is -0.0217. The van der Waals surface area contributed by atoms with Crippen molar-refractivity contribution in [2.45, 2.75) is 18.7 Å².